The molecule has 0 aliphatic carbocycles. The summed E-state index contributed by atoms with van der Waals surface area (Å²) in [5.41, 5.74) is 18.8. The molecule has 0 amide bonds. The van der Waals surface area contributed by atoms with E-state index in [0.717, 1.165) is 0 Å². The number of nitrogens with zero attached hydrogens (tertiary/aromatic N) is 6. The van der Waals surface area contributed by atoms with Crippen molar-refractivity contribution < 1.29 is 78.1 Å². The van der Waals surface area contributed by atoms with Gasteiger partial charge in [-0.1, -0.05) is 58.7 Å². The Morgan fingerprint density at radius 1 is 0.593 bits per heavy atom. The van der Waals surface area contributed by atoms with Gasteiger partial charge in [-0.05, 0) is 47.6 Å². The lowest BCUT2D eigenvalue weighted by Crippen LogP contribution is -2.64. The van der Waals surface area contributed by atoms with E-state index < -0.39 is 129 Å². The Hall–Kier alpha value is -2.47. The number of aliphatic hydroxyl groups is 5. The van der Waals surface area contributed by atoms with Crippen LogP contribution in [0.25, 0.3) is 20.9 Å². The van der Waals surface area contributed by atoms with Gasteiger partial charge in [0.05, 0.1) is 63.0 Å². The van der Waals surface area contributed by atoms with Gasteiger partial charge in [-0.3, -0.25) is 0 Å². The van der Waals surface area contributed by atoms with Crippen LogP contribution in [0.1, 0.15) is 55.4 Å². The van der Waals surface area contributed by atoms with Gasteiger partial charge in [0, 0.05) is 21.7 Å². The first-order valence-electron chi connectivity index (χ1n) is 20.4. The average Bonchev–Trinajstić information content (AvgIpc) is 3.21. The van der Waals surface area contributed by atoms with Crippen molar-refractivity contribution in [2.24, 2.45) is 51.7 Å². The van der Waals surface area contributed by atoms with Crippen LogP contribution in [0.4, 0.5) is 0 Å². The quantitative estimate of drug-likeness (QED) is 0.0818. The van der Waals surface area contributed by atoms with Crippen molar-refractivity contribution in [2.45, 2.75) is 160 Å². The predicted molar refractivity (Wildman–Crippen MR) is 200 cm³/mol. The van der Waals surface area contributed by atoms with Crippen LogP contribution < -0.4 is 0 Å². The Morgan fingerprint density at radius 3 is 1.75 bits per heavy atom. The average molecular weight is 847 g/mol. The lowest BCUT2D eigenvalue weighted by Gasteiger charge is -2.50. The number of ether oxygens (including phenoxy) is 9. The van der Waals surface area contributed by atoms with Gasteiger partial charge in [-0.2, -0.15) is 0 Å². The van der Waals surface area contributed by atoms with Gasteiger partial charge in [0.15, 0.2) is 31.3 Å². The Morgan fingerprint density at radius 2 is 1.14 bits per heavy atom. The van der Waals surface area contributed by atoms with Crippen LogP contribution in [0.15, 0.2) is 10.2 Å². The van der Waals surface area contributed by atoms with E-state index in [1.54, 1.807) is 20.8 Å². The normalized spacial score (nSPS) is 49.3. The molecule has 0 bridgehead atoms. The van der Waals surface area contributed by atoms with Gasteiger partial charge in [0.2, 0.25) is 0 Å². The fourth-order valence-electron chi connectivity index (χ4n) is 8.78. The predicted octanol–water partition coefficient (Wildman–Crippen LogP) is 1.44. The number of aliphatic carboxylic acids is 1. The van der Waals surface area contributed by atoms with Crippen molar-refractivity contribution in [1.82, 2.24) is 0 Å². The molecule has 336 valence electrons. The summed E-state index contributed by atoms with van der Waals surface area (Å²) >= 11 is 0. The molecule has 0 aromatic rings. The molecular formula is C37H62N6O16. The zero-order chi connectivity index (χ0) is 43.5. The second kappa shape index (κ2) is 20.6. The molecule has 10 unspecified atom stereocenters. The number of carboxylic acids is 1. The lowest BCUT2D eigenvalue weighted by molar-refractivity contribution is -0.355. The standard InChI is InChI=1S/C37H62N6O16/c1-13-16(4)29(22(10-45)52-20(13)8)56-37-27(47)19(7)24(12-51-37)55-36-26(41-43-39)28(48)31(23(11-46)54-36)58-34-18(6)17(5)30(32(59-34)33(49)50)57-35-25(40-42-38)15(3)14(2)21(9-44)53-35/h13-32,34-37,44-48H,9-12H2,1-8H3,(H,49,50)/t13?,14-,15-,16+,17+,18?,19?,20+,21?,22?,23?,24+,25?,26?,27?,28+,29-,30-,31+,32?,34+,35+,36+,37-/m0/s1. The van der Waals surface area contributed by atoms with Crippen molar-refractivity contribution in [3.05, 3.63) is 20.9 Å². The molecule has 6 N–H and O–H groups in total. The Balaban J connectivity index is 1.27. The maximum absolute atomic E-state index is 12.7. The highest BCUT2D eigenvalue weighted by Crippen LogP contribution is 2.41. The molecule has 5 aliphatic heterocycles. The second-order valence-electron chi connectivity index (χ2n) is 16.8. The van der Waals surface area contributed by atoms with Crippen LogP contribution in [0, 0.1) is 41.4 Å². The van der Waals surface area contributed by atoms with Crippen LogP contribution in [0.5, 0.6) is 0 Å². The molecule has 22 nitrogen and oxygen atoms in total. The maximum atomic E-state index is 12.7. The van der Waals surface area contributed by atoms with Crippen LogP contribution in [0.3, 0.4) is 0 Å². The molecule has 0 aromatic heterocycles. The summed E-state index contributed by atoms with van der Waals surface area (Å²) < 4.78 is 54.7. The van der Waals surface area contributed by atoms with E-state index in [9.17, 15) is 46.5 Å². The van der Waals surface area contributed by atoms with E-state index in [4.69, 9.17) is 42.6 Å². The first-order chi connectivity index (χ1) is 28.0. The van der Waals surface area contributed by atoms with E-state index in [1.165, 1.54) is 0 Å². The van der Waals surface area contributed by atoms with Crippen molar-refractivity contribution in [2.75, 3.05) is 26.4 Å². The summed E-state index contributed by atoms with van der Waals surface area (Å²) in [7, 11) is 0. The summed E-state index contributed by atoms with van der Waals surface area (Å²) in [4.78, 5) is 18.5. The van der Waals surface area contributed by atoms with E-state index in [1.807, 2.05) is 34.6 Å². The fraction of sp³-hybridized carbons (Fsp3) is 0.973. The SMILES string of the molecule is CC1[C@H](O[C@@H]2C(CO)O[C@H](O[C@@H]3CO[C@@H](O[C@@H]4C(CO)O[C@H](C)C(C)[C@H]4C)C(O)C3C)C(N=[N+]=[N-])[C@H]2O)OC(C(=O)O)[C@@H](O[C@H]2OC(CO)[C@@H](C)[C@H](C)C2N=[N+]=[N-])[C@@H]1C. The molecule has 0 spiro atoms. The van der Waals surface area contributed by atoms with E-state index in [0.29, 0.717) is 0 Å². The number of carbonyl (C=O) groups is 1. The van der Waals surface area contributed by atoms with Crippen molar-refractivity contribution in [1.29, 1.82) is 0 Å². The number of aliphatic hydroxyl groups excluding tert-OH is 5. The van der Waals surface area contributed by atoms with Crippen molar-refractivity contribution in [3.63, 3.8) is 0 Å². The maximum Gasteiger partial charge on any atom is 0.335 e. The van der Waals surface area contributed by atoms with Gasteiger partial charge < -0.3 is 73.3 Å². The monoisotopic (exact) mass is 846 g/mol. The zero-order valence-corrected chi connectivity index (χ0v) is 34.6. The number of hydrogen-bond donors (Lipinski definition) is 6. The van der Waals surface area contributed by atoms with Crippen LogP contribution in [-0.2, 0) is 47.4 Å². The molecule has 24 atom stereocenters. The smallest absolute Gasteiger partial charge is 0.335 e. The third kappa shape index (κ3) is 9.94. The summed E-state index contributed by atoms with van der Waals surface area (Å²) in [5.74, 6) is -3.71. The largest absolute Gasteiger partial charge is 0.479 e. The lowest BCUT2D eigenvalue weighted by atomic mass is 9.81. The Labute approximate surface area is 342 Å². The minimum Gasteiger partial charge on any atom is -0.479 e. The fourth-order valence-corrected chi connectivity index (χ4v) is 8.78. The van der Waals surface area contributed by atoms with Crippen LogP contribution in [-0.4, -0.2) is 167 Å². The Bertz CT molecular complexity index is 1490. The number of carboxylic acid groups (broad SMARTS) is 1. The molecule has 0 saturated carbocycles. The van der Waals surface area contributed by atoms with E-state index in [2.05, 4.69) is 20.1 Å². The second-order valence-corrected chi connectivity index (χ2v) is 16.8. The van der Waals surface area contributed by atoms with Gasteiger partial charge in [-0.25, -0.2) is 4.79 Å². The third-order valence-electron chi connectivity index (χ3n) is 13.5. The summed E-state index contributed by atoms with van der Waals surface area (Å²) in [5, 5.41) is 71.3. The number of rotatable bonds is 14. The molecule has 5 rings (SSSR count). The molecule has 59 heavy (non-hydrogen) atoms. The van der Waals surface area contributed by atoms with Gasteiger partial charge in [0.25, 0.3) is 0 Å². The van der Waals surface area contributed by atoms with Crippen LogP contribution in [0.2, 0.25) is 0 Å². The molecule has 22 heteroatoms. The van der Waals surface area contributed by atoms with Gasteiger partial charge in [0.1, 0.15) is 36.6 Å². The third-order valence-corrected chi connectivity index (χ3v) is 13.5. The van der Waals surface area contributed by atoms with Crippen molar-refractivity contribution >= 4 is 5.97 Å². The zero-order valence-electron chi connectivity index (χ0n) is 34.6. The highest BCUT2D eigenvalue weighted by molar-refractivity contribution is 5.73. The highest BCUT2D eigenvalue weighted by atomic mass is 16.8. The van der Waals surface area contributed by atoms with Gasteiger partial charge >= 0.3 is 5.97 Å². The van der Waals surface area contributed by atoms with Crippen LogP contribution >= 0.6 is 0 Å². The van der Waals surface area contributed by atoms with E-state index in [-0.39, 0.29) is 49.6 Å². The number of hydrogen-bond acceptors (Lipinski definition) is 17. The number of azide groups is 2. The molecule has 5 fully saturated rings. The first-order valence-corrected chi connectivity index (χ1v) is 20.4. The van der Waals surface area contributed by atoms with E-state index >= 15 is 0 Å². The molecule has 5 heterocycles. The highest BCUT2D eigenvalue weighted by Gasteiger charge is 2.54. The molecule has 0 aromatic carbocycles. The Kier molecular flexibility index (Phi) is 16.6. The topological polar surface area (TPSA) is 319 Å². The minimum atomic E-state index is -1.67. The summed E-state index contributed by atoms with van der Waals surface area (Å²) in [6, 6.07) is -2.29. The molecule has 5 saturated heterocycles. The summed E-state index contributed by atoms with van der Waals surface area (Å²) in [6.07, 6.45) is -16.3. The molecular weight excluding hydrogens is 784 g/mol. The first kappa shape index (κ1) is 47.6. The van der Waals surface area contributed by atoms with Crippen molar-refractivity contribution in [3.8, 4) is 0 Å². The molecule has 0 radical (unpaired) electrons. The minimum absolute atomic E-state index is 0.0269. The molecule has 5 aliphatic rings. The van der Waals surface area contributed by atoms with Gasteiger partial charge in [-0.15, -0.1) is 0 Å². The summed E-state index contributed by atoms with van der Waals surface area (Å²) in [6.45, 7) is 13.3.